The van der Waals surface area contributed by atoms with Crippen LogP contribution in [-0.4, -0.2) is 25.9 Å². The molecule has 0 aliphatic carbocycles. The monoisotopic (exact) mass is 418 g/mol. The second-order valence-electron chi connectivity index (χ2n) is 6.22. The van der Waals surface area contributed by atoms with Gasteiger partial charge in [0.1, 0.15) is 5.82 Å². The van der Waals surface area contributed by atoms with Gasteiger partial charge in [-0.15, -0.1) is 10.2 Å². The van der Waals surface area contributed by atoms with Crippen LogP contribution in [0.25, 0.3) is 11.4 Å². The molecule has 0 saturated heterocycles. The summed E-state index contributed by atoms with van der Waals surface area (Å²) in [4.78, 5) is 12.5. The summed E-state index contributed by atoms with van der Waals surface area (Å²) in [6.45, 7) is 4.61. The van der Waals surface area contributed by atoms with Crippen molar-refractivity contribution >= 4 is 35.0 Å². The van der Waals surface area contributed by atoms with E-state index in [1.165, 1.54) is 36.0 Å². The first-order valence-corrected chi connectivity index (χ1v) is 10.2. The molecule has 8 heteroatoms. The standard InChI is InChI=1S/C20H20ClFN4OS/c1-3-12-26-18(14-4-6-15(21)7-5-14)24-25-20(26)28-13(2)19(27)23-17-10-8-16(22)9-11-17/h4-11,13H,3,12H2,1-2H3,(H,23,27)/t13-/m0/s1. The molecule has 1 N–H and O–H groups in total. The van der Waals surface area contributed by atoms with Crippen LogP contribution < -0.4 is 5.32 Å². The van der Waals surface area contributed by atoms with E-state index in [2.05, 4.69) is 22.4 Å². The average Bonchev–Trinajstić information content (AvgIpc) is 3.07. The molecule has 3 aromatic rings. The molecule has 1 aromatic heterocycles. The zero-order valence-electron chi connectivity index (χ0n) is 15.5. The molecule has 0 saturated carbocycles. The summed E-state index contributed by atoms with van der Waals surface area (Å²) in [5.41, 5.74) is 1.47. The maximum absolute atomic E-state index is 13.0. The molecule has 1 amide bonds. The van der Waals surface area contributed by atoms with Crippen molar-refractivity contribution in [2.24, 2.45) is 0 Å². The number of halogens is 2. The van der Waals surface area contributed by atoms with Gasteiger partial charge in [-0.1, -0.05) is 30.3 Å². The third-order valence-electron chi connectivity index (χ3n) is 4.03. The van der Waals surface area contributed by atoms with Gasteiger partial charge in [0.2, 0.25) is 5.91 Å². The molecule has 0 unspecified atom stereocenters. The van der Waals surface area contributed by atoms with Crippen molar-refractivity contribution in [2.75, 3.05) is 5.32 Å². The summed E-state index contributed by atoms with van der Waals surface area (Å²) in [6, 6.07) is 13.1. The number of anilines is 1. The molecule has 3 rings (SSSR count). The van der Waals surface area contributed by atoms with E-state index in [1.54, 1.807) is 6.92 Å². The van der Waals surface area contributed by atoms with Crippen LogP contribution in [0, 0.1) is 5.82 Å². The second-order valence-corrected chi connectivity index (χ2v) is 7.97. The van der Waals surface area contributed by atoms with Gasteiger partial charge in [-0.2, -0.15) is 0 Å². The number of nitrogens with one attached hydrogen (secondary N) is 1. The molecule has 0 bridgehead atoms. The van der Waals surface area contributed by atoms with Crippen LogP contribution in [0.15, 0.2) is 53.7 Å². The number of aromatic nitrogens is 3. The molecule has 5 nitrogen and oxygen atoms in total. The Balaban J connectivity index is 1.76. The zero-order valence-corrected chi connectivity index (χ0v) is 17.1. The first kappa shape index (κ1) is 20.4. The number of benzene rings is 2. The van der Waals surface area contributed by atoms with E-state index in [-0.39, 0.29) is 11.7 Å². The predicted octanol–water partition coefficient (Wildman–Crippen LogP) is 5.27. The van der Waals surface area contributed by atoms with Crippen molar-refractivity contribution in [3.05, 3.63) is 59.4 Å². The smallest absolute Gasteiger partial charge is 0.237 e. The van der Waals surface area contributed by atoms with E-state index in [9.17, 15) is 9.18 Å². The Hall–Kier alpha value is -2.38. The van der Waals surface area contributed by atoms with Gasteiger partial charge in [-0.05, 0) is 61.9 Å². The zero-order chi connectivity index (χ0) is 20.1. The lowest BCUT2D eigenvalue weighted by molar-refractivity contribution is -0.115. The SMILES string of the molecule is CCCn1c(S[C@@H](C)C(=O)Nc2ccc(F)cc2)nnc1-c1ccc(Cl)cc1. The second kappa shape index (κ2) is 9.21. The van der Waals surface area contributed by atoms with E-state index >= 15 is 0 Å². The van der Waals surface area contributed by atoms with Crippen LogP contribution in [-0.2, 0) is 11.3 Å². The maximum atomic E-state index is 13.0. The molecule has 0 aliphatic rings. The summed E-state index contributed by atoms with van der Waals surface area (Å²) in [5.74, 6) is 0.214. The molecule has 28 heavy (non-hydrogen) atoms. The number of thioether (sulfide) groups is 1. The van der Waals surface area contributed by atoms with Crippen molar-refractivity contribution < 1.29 is 9.18 Å². The molecular formula is C20H20ClFN4OS. The number of hydrogen-bond acceptors (Lipinski definition) is 4. The Morgan fingerprint density at radius 3 is 2.50 bits per heavy atom. The van der Waals surface area contributed by atoms with Crippen LogP contribution in [0.1, 0.15) is 20.3 Å². The number of carbonyl (C=O) groups excluding carboxylic acids is 1. The van der Waals surface area contributed by atoms with Gasteiger partial charge in [-0.25, -0.2) is 4.39 Å². The van der Waals surface area contributed by atoms with E-state index in [0.717, 1.165) is 24.4 Å². The highest BCUT2D eigenvalue weighted by Crippen LogP contribution is 2.28. The lowest BCUT2D eigenvalue weighted by Crippen LogP contribution is -2.23. The summed E-state index contributed by atoms with van der Waals surface area (Å²) in [5, 5.41) is 12.3. The van der Waals surface area contributed by atoms with E-state index < -0.39 is 5.25 Å². The van der Waals surface area contributed by atoms with Gasteiger partial charge in [0, 0.05) is 22.8 Å². The Bertz CT molecular complexity index is 944. The summed E-state index contributed by atoms with van der Waals surface area (Å²) >= 11 is 7.31. The predicted molar refractivity (Wildman–Crippen MR) is 111 cm³/mol. The van der Waals surface area contributed by atoms with Crippen LogP contribution in [0.4, 0.5) is 10.1 Å². The molecule has 1 heterocycles. The first-order chi connectivity index (χ1) is 13.5. The van der Waals surface area contributed by atoms with Crippen molar-refractivity contribution in [3.8, 4) is 11.4 Å². The highest BCUT2D eigenvalue weighted by Gasteiger charge is 2.20. The van der Waals surface area contributed by atoms with Gasteiger partial charge in [-0.3, -0.25) is 4.79 Å². The lowest BCUT2D eigenvalue weighted by atomic mass is 10.2. The molecule has 0 radical (unpaired) electrons. The Labute approximate surface area is 172 Å². The number of nitrogens with zero attached hydrogens (tertiary/aromatic N) is 3. The van der Waals surface area contributed by atoms with Gasteiger partial charge in [0.25, 0.3) is 0 Å². The molecule has 0 spiro atoms. The molecule has 146 valence electrons. The van der Waals surface area contributed by atoms with Gasteiger partial charge in [0.15, 0.2) is 11.0 Å². The number of hydrogen-bond donors (Lipinski definition) is 1. The average molecular weight is 419 g/mol. The van der Waals surface area contributed by atoms with Gasteiger partial charge >= 0.3 is 0 Å². The summed E-state index contributed by atoms with van der Waals surface area (Å²) < 4.78 is 15.0. The third-order valence-corrected chi connectivity index (χ3v) is 5.36. The fraction of sp³-hybridized carbons (Fsp3) is 0.250. The Kier molecular flexibility index (Phi) is 6.70. The largest absolute Gasteiger partial charge is 0.325 e. The topological polar surface area (TPSA) is 59.8 Å². The normalized spacial score (nSPS) is 12.0. The van der Waals surface area contributed by atoms with E-state index in [0.29, 0.717) is 15.9 Å². The van der Waals surface area contributed by atoms with Crippen molar-refractivity contribution in [1.29, 1.82) is 0 Å². The molecule has 0 aliphatic heterocycles. The van der Waals surface area contributed by atoms with E-state index in [4.69, 9.17) is 11.6 Å². The fourth-order valence-corrected chi connectivity index (χ4v) is 3.60. The fourth-order valence-electron chi connectivity index (χ4n) is 2.60. The van der Waals surface area contributed by atoms with Crippen LogP contribution in [0.5, 0.6) is 0 Å². The molecular weight excluding hydrogens is 399 g/mol. The third kappa shape index (κ3) is 4.91. The minimum Gasteiger partial charge on any atom is -0.325 e. The quantitative estimate of drug-likeness (QED) is 0.531. The summed E-state index contributed by atoms with van der Waals surface area (Å²) in [6.07, 6.45) is 0.905. The Morgan fingerprint density at radius 2 is 1.86 bits per heavy atom. The molecule has 2 aromatic carbocycles. The van der Waals surface area contributed by atoms with E-state index in [1.807, 2.05) is 28.8 Å². The number of amides is 1. The number of carbonyl (C=O) groups is 1. The maximum Gasteiger partial charge on any atom is 0.237 e. The minimum atomic E-state index is -0.400. The van der Waals surface area contributed by atoms with Gasteiger partial charge in [0.05, 0.1) is 5.25 Å². The van der Waals surface area contributed by atoms with Crippen molar-refractivity contribution in [1.82, 2.24) is 14.8 Å². The molecule has 0 fully saturated rings. The highest BCUT2D eigenvalue weighted by atomic mass is 35.5. The minimum absolute atomic E-state index is 0.185. The van der Waals surface area contributed by atoms with Crippen LogP contribution in [0.2, 0.25) is 5.02 Å². The lowest BCUT2D eigenvalue weighted by Gasteiger charge is -2.13. The van der Waals surface area contributed by atoms with Gasteiger partial charge < -0.3 is 9.88 Å². The highest BCUT2D eigenvalue weighted by molar-refractivity contribution is 8.00. The van der Waals surface area contributed by atoms with Crippen LogP contribution in [0.3, 0.4) is 0 Å². The number of rotatable bonds is 7. The van der Waals surface area contributed by atoms with Crippen molar-refractivity contribution in [2.45, 2.75) is 37.2 Å². The van der Waals surface area contributed by atoms with Crippen LogP contribution >= 0.6 is 23.4 Å². The Morgan fingerprint density at radius 1 is 1.18 bits per heavy atom. The molecule has 1 atom stereocenters. The van der Waals surface area contributed by atoms with Crippen molar-refractivity contribution in [3.63, 3.8) is 0 Å². The first-order valence-electron chi connectivity index (χ1n) is 8.90. The summed E-state index contributed by atoms with van der Waals surface area (Å²) in [7, 11) is 0.